The highest BCUT2D eigenvalue weighted by Gasteiger charge is 2.24. The van der Waals surface area contributed by atoms with Crippen LogP contribution in [0.1, 0.15) is 18.6 Å². The lowest BCUT2D eigenvalue weighted by Crippen LogP contribution is -2.46. The molecule has 1 saturated heterocycles. The maximum absolute atomic E-state index is 12.9. The number of rotatable bonds is 7. The Morgan fingerprint density at radius 2 is 2.00 bits per heavy atom. The number of aromatic nitrogens is 2. The van der Waals surface area contributed by atoms with Gasteiger partial charge in [0.05, 0.1) is 22.9 Å². The molecule has 0 spiro atoms. The van der Waals surface area contributed by atoms with Gasteiger partial charge < -0.3 is 14.3 Å². The molecule has 5 rings (SSSR count). The zero-order valence-electron chi connectivity index (χ0n) is 18.5. The van der Waals surface area contributed by atoms with E-state index in [0.717, 1.165) is 61.3 Å². The van der Waals surface area contributed by atoms with Gasteiger partial charge in [0.1, 0.15) is 17.2 Å². The number of nitrogens with one attached hydrogen (secondary N) is 1. The number of piperazine rings is 1. The monoisotopic (exact) mass is 455 g/mol. The standard InChI is InChI=1S/C23H29N5O3S/c1-26-15-20(18-4-3-7-24-22(18)25-13-16-5-6-16)21-19(23(26)29)12-17(31-21)14-27-8-10-28(11-9-27)32(2)30/h3-4,7,12,15-16H,5-6,8-11,13-14H2,1-2H3,(H,24,25). The Balaban J connectivity index is 1.46. The van der Waals surface area contributed by atoms with Crippen molar-refractivity contribution in [2.75, 3.05) is 44.3 Å². The Bertz CT molecular complexity index is 1210. The van der Waals surface area contributed by atoms with Crippen molar-refractivity contribution < 1.29 is 8.63 Å². The number of hydrogen-bond acceptors (Lipinski definition) is 6. The Labute approximate surface area is 189 Å². The quantitative estimate of drug-likeness (QED) is 0.589. The van der Waals surface area contributed by atoms with Crippen molar-refractivity contribution in [2.45, 2.75) is 19.4 Å². The predicted molar refractivity (Wildman–Crippen MR) is 127 cm³/mol. The van der Waals surface area contributed by atoms with Gasteiger partial charge in [-0.15, -0.1) is 0 Å². The fraction of sp³-hybridized carbons (Fsp3) is 0.478. The summed E-state index contributed by atoms with van der Waals surface area (Å²) in [6, 6.07) is 5.81. The molecule has 1 N–H and O–H groups in total. The Kier molecular flexibility index (Phi) is 5.88. The molecule has 0 bridgehead atoms. The zero-order chi connectivity index (χ0) is 22.2. The van der Waals surface area contributed by atoms with Crippen LogP contribution in [0.15, 0.2) is 39.8 Å². The highest BCUT2D eigenvalue weighted by Crippen LogP contribution is 2.34. The predicted octanol–water partition coefficient (Wildman–Crippen LogP) is 2.43. The van der Waals surface area contributed by atoms with Crippen LogP contribution in [0.5, 0.6) is 0 Å². The van der Waals surface area contributed by atoms with E-state index in [4.69, 9.17) is 4.42 Å². The van der Waals surface area contributed by atoms with Crippen molar-refractivity contribution >= 4 is 27.8 Å². The second-order valence-corrected chi connectivity index (χ2v) is 10.1. The van der Waals surface area contributed by atoms with Crippen LogP contribution in [0.25, 0.3) is 22.1 Å². The molecular weight excluding hydrogens is 426 g/mol. The molecule has 2 fully saturated rings. The molecule has 3 aromatic rings. The van der Waals surface area contributed by atoms with E-state index in [2.05, 4.69) is 15.2 Å². The summed E-state index contributed by atoms with van der Waals surface area (Å²) in [7, 11) is 0.842. The highest BCUT2D eigenvalue weighted by molar-refractivity contribution is 7.81. The van der Waals surface area contributed by atoms with Crippen molar-refractivity contribution in [1.29, 1.82) is 0 Å². The number of furan rings is 1. The summed E-state index contributed by atoms with van der Waals surface area (Å²) < 4.78 is 21.6. The number of pyridine rings is 2. The lowest BCUT2D eigenvalue weighted by atomic mass is 10.1. The third-order valence-electron chi connectivity index (χ3n) is 6.33. The molecule has 8 nitrogen and oxygen atoms in total. The van der Waals surface area contributed by atoms with Crippen LogP contribution in [0, 0.1) is 5.92 Å². The third-order valence-corrected chi connectivity index (χ3v) is 7.42. The van der Waals surface area contributed by atoms with E-state index in [1.165, 1.54) is 12.8 Å². The molecule has 1 saturated carbocycles. The van der Waals surface area contributed by atoms with Gasteiger partial charge in [0, 0.05) is 69.5 Å². The molecule has 32 heavy (non-hydrogen) atoms. The van der Waals surface area contributed by atoms with E-state index >= 15 is 0 Å². The van der Waals surface area contributed by atoms with Gasteiger partial charge in [0.25, 0.3) is 5.56 Å². The summed E-state index contributed by atoms with van der Waals surface area (Å²) in [5.41, 5.74) is 2.35. The smallest absolute Gasteiger partial charge is 0.261 e. The lowest BCUT2D eigenvalue weighted by molar-refractivity contribution is 0.176. The van der Waals surface area contributed by atoms with Crippen LogP contribution in [0.2, 0.25) is 0 Å². The van der Waals surface area contributed by atoms with Crippen LogP contribution >= 0.6 is 0 Å². The van der Waals surface area contributed by atoms with Crippen molar-refractivity contribution in [3.8, 4) is 11.1 Å². The molecule has 1 atom stereocenters. The molecular formula is C23H29N5O3S. The second-order valence-electron chi connectivity index (χ2n) is 8.77. The van der Waals surface area contributed by atoms with Crippen LogP contribution in [-0.4, -0.2) is 61.9 Å². The van der Waals surface area contributed by atoms with Crippen LogP contribution in [0.4, 0.5) is 5.82 Å². The molecule has 1 unspecified atom stereocenters. The van der Waals surface area contributed by atoms with E-state index in [9.17, 15) is 9.00 Å². The van der Waals surface area contributed by atoms with Gasteiger partial charge in [-0.1, -0.05) is 0 Å². The van der Waals surface area contributed by atoms with Crippen LogP contribution < -0.4 is 10.9 Å². The van der Waals surface area contributed by atoms with E-state index in [0.29, 0.717) is 17.5 Å². The van der Waals surface area contributed by atoms with E-state index < -0.39 is 11.0 Å². The minimum atomic E-state index is -0.932. The Morgan fingerprint density at radius 3 is 2.72 bits per heavy atom. The first-order valence-corrected chi connectivity index (χ1v) is 12.6. The summed E-state index contributed by atoms with van der Waals surface area (Å²) in [5.74, 6) is 2.32. The van der Waals surface area contributed by atoms with Gasteiger partial charge in [-0.25, -0.2) is 13.5 Å². The molecule has 170 valence electrons. The summed E-state index contributed by atoms with van der Waals surface area (Å²) in [6.45, 7) is 4.71. The Hall–Kier alpha value is -2.49. The number of hydrogen-bond donors (Lipinski definition) is 1. The zero-order valence-corrected chi connectivity index (χ0v) is 19.4. The summed E-state index contributed by atoms with van der Waals surface area (Å²) in [6.07, 6.45) is 7.88. The van der Waals surface area contributed by atoms with Gasteiger partial charge in [0.2, 0.25) is 0 Å². The van der Waals surface area contributed by atoms with Crippen LogP contribution in [-0.2, 0) is 24.6 Å². The van der Waals surface area contributed by atoms with Crippen molar-refractivity contribution in [3.63, 3.8) is 0 Å². The number of anilines is 1. The average molecular weight is 456 g/mol. The molecule has 0 aromatic carbocycles. The molecule has 9 heteroatoms. The topological polar surface area (TPSA) is 83.6 Å². The van der Waals surface area contributed by atoms with Crippen molar-refractivity contribution in [2.24, 2.45) is 13.0 Å². The number of aryl methyl sites for hydroxylation is 1. The summed E-state index contributed by atoms with van der Waals surface area (Å²) in [4.78, 5) is 19.7. The molecule has 1 aliphatic heterocycles. The molecule has 4 heterocycles. The average Bonchev–Trinajstić information content (AvgIpc) is 3.53. The van der Waals surface area contributed by atoms with Gasteiger partial charge in [-0.2, -0.15) is 0 Å². The molecule has 0 radical (unpaired) electrons. The lowest BCUT2D eigenvalue weighted by Gasteiger charge is -2.32. The largest absolute Gasteiger partial charge is 0.459 e. The van der Waals surface area contributed by atoms with E-state index in [-0.39, 0.29) is 5.56 Å². The second kappa shape index (κ2) is 8.80. The Morgan fingerprint density at radius 1 is 1.22 bits per heavy atom. The summed E-state index contributed by atoms with van der Waals surface area (Å²) >= 11 is 0. The fourth-order valence-electron chi connectivity index (χ4n) is 4.26. The maximum atomic E-state index is 12.9. The first-order chi connectivity index (χ1) is 15.5. The van der Waals surface area contributed by atoms with Gasteiger partial charge in [-0.05, 0) is 37.0 Å². The van der Waals surface area contributed by atoms with Crippen molar-refractivity contribution in [3.05, 3.63) is 46.7 Å². The number of fused-ring (bicyclic) bond motifs is 1. The van der Waals surface area contributed by atoms with Gasteiger partial charge in [-0.3, -0.25) is 9.69 Å². The minimum Gasteiger partial charge on any atom is -0.459 e. The van der Waals surface area contributed by atoms with Crippen molar-refractivity contribution in [1.82, 2.24) is 18.8 Å². The van der Waals surface area contributed by atoms with E-state index in [1.54, 1.807) is 24.1 Å². The van der Waals surface area contributed by atoms with E-state index in [1.807, 2.05) is 28.7 Å². The first kappa shape index (κ1) is 21.4. The highest BCUT2D eigenvalue weighted by atomic mass is 32.2. The SMILES string of the molecule is Cn1cc(-c2cccnc2NCC2CC2)c2oc(CN3CCN(S(C)=O)CC3)cc2c1=O. The molecule has 2 aliphatic rings. The molecule has 3 aromatic heterocycles. The molecule has 1 aliphatic carbocycles. The normalized spacial score (nSPS) is 18.8. The maximum Gasteiger partial charge on any atom is 0.261 e. The fourth-order valence-corrected chi connectivity index (χ4v) is 4.94. The number of nitrogens with zero attached hydrogens (tertiary/aromatic N) is 4. The molecule has 0 amide bonds. The van der Waals surface area contributed by atoms with Gasteiger partial charge in [0.15, 0.2) is 0 Å². The third kappa shape index (κ3) is 4.37. The summed E-state index contributed by atoms with van der Waals surface area (Å²) in [5, 5.41) is 4.07. The first-order valence-electron chi connectivity index (χ1n) is 11.1. The minimum absolute atomic E-state index is 0.0682. The van der Waals surface area contributed by atoms with Crippen LogP contribution in [0.3, 0.4) is 0 Å². The van der Waals surface area contributed by atoms with Gasteiger partial charge >= 0.3 is 0 Å².